The Morgan fingerprint density at radius 2 is 1.53 bits per heavy atom. The highest BCUT2D eigenvalue weighted by Gasteiger charge is 2.52. The monoisotopic (exact) mass is 447 g/mol. The van der Waals surface area contributed by atoms with Crippen LogP contribution in [0.4, 0.5) is 5.69 Å². The zero-order chi connectivity index (χ0) is 22.7. The molecule has 0 saturated heterocycles. The molecule has 0 saturated carbocycles. The number of carbonyl (C=O) groups excluding carboxylic acids is 1. The molecule has 166 valence electrons. The molecule has 1 heterocycles. The predicted octanol–water partition coefficient (Wildman–Crippen LogP) is 5.36. The second-order valence-electron chi connectivity index (χ2n) is 8.72. The molecule has 4 nitrogen and oxygen atoms in total. The third kappa shape index (κ3) is 4.06. The summed E-state index contributed by atoms with van der Waals surface area (Å²) in [5, 5.41) is 4.54. The summed E-state index contributed by atoms with van der Waals surface area (Å²) in [7, 11) is 6.10. The van der Waals surface area contributed by atoms with Crippen LogP contribution in [0.3, 0.4) is 0 Å². The molecule has 0 fully saturated rings. The van der Waals surface area contributed by atoms with Gasteiger partial charge in [-0.2, -0.15) is 0 Å². The Kier molecular flexibility index (Phi) is 6.66. The van der Waals surface area contributed by atoms with Gasteiger partial charge in [0.25, 0.3) is 5.91 Å². The second-order valence-corrected chi connectivity index (χ2v) is 9.13. The zero-order valence-electron chi connectivity index (χ0n) is 19.0. The third-order valence-electron chi connectivity index (χ3n) is 6.27. The van der Waals surface area contributed by atoms with Crippen molar-refractivity contribution >= 4 is 23.2 Å². The van der Waals surface area contributed by atoms with Crippen molar-refractivity contribution < 1.29 is 4.79 Å². The minimum absolute atomic E-state index is 0.0956. The fourth-order valence-electron chi connectivity index (χ4n) is 4.76. The first-order chi connectivity index (χ1) is 15.4. The van der Waals surface area contributed by atoms with E-state index in [0.29, 0.717) is 11.6 Å². The van der Waals surface area contributed by atoms with E-state index in [-0.39, 0.29) is 5.91 Å². The van der Waals surface area contributed by atoms with E-state index in [1.165, 1.54) is 0 Å². The summed E-state index contributed by atoms with van der Waals surface area (Å²) in [6.45, 7) is 1.47. The van der Waals surface area contributed by atoms with E-state index in [2.05, 4.69) is 37.2 Å². The van der Waals surface area contributed by atoms with Gasteiger partial charge in [0, 0.05) is 18.6 Å². The lowest BCUT2D eigenvalue weighted by Gasteiger charge is -2.33. The summed E-state index contributed by atoms with van der Waals surface area (Å²) < 4.78 is 0. The Labute approximate surface area is 196 Å². The van der Waals surface area contributed by atoms with Crippen LogP contribution in [0, 0.1) is 0 Å². The van der Waals surface area contributed by atoms with Gasteiger partial charge in [0.15, 0.2) is 0 Å². The molecular weight excluding hydrogens is 418 g/mol. The highest BCUT2D eigenvalue weighted by molar-refractivity contribution is 6.31. The van der Waals surface area contributed by atoms with Crippen molar-refractivity contribution in [3.8, 4) is 0 Å². The number of amides is 1. The second kappa shape index (κ2) is 9.45. The van der Waals surface area contributed by atoms with E-state index in [1.807, 2.05) is 77.7 Å². The maximum Gasteiger partial charge on any atom is 0.256 e. The molecule has 0 aliphatic carbocycles. The summed E-state index contributed by atoms with van der Waals surface area (Å²) in [4.78, 5) is 16.5. The highest BCUT2D eigenvalue weighted by Crippen LogP contribution is 2.49. The Morgan fingerprint density at radius 3 is 2.25 bits per heavy atom. The molecule has 1 atom stereocenters. The van der Waals surface area contributed by atoms with Crippen LogP contribution in [-0.4, -0.2) is 43.5 Å². The van der Waals surface area contributed by atoms with Gasteiger partial charge in [-0.3, -0.25) is 4.79 Å². The molecule has 0 unspecified atom stereocenters. The molecule has 0 N–H and O–H groups in total. The first kappa shape index (κ1) is 22.5. The first-order valence-corrected chi connectivity index (χ1v) is 11.4. The molecule has 32 heavy (non-hydrogen) atoms. The molecule has 1 aliphatic heterocycles. The Balaban J connectivity index is 1.78. The van der Waals surface area contributed by atoms with Crippen LogP contribution in [-0.2, 0) is 16.8 Å². The number of benzene rings is 3. The summed E-state index contributed by atoms with van der Waals surface area (Å²) in [6.07, 6.45) is 1.67. The summed E-state index contributed by atoms with van der Waals surface area (Å²) in [6, 6.07) is 26.2. The molecule has 5 heteroatoms. The molecule has 1 aliphatic rings. The number of carbonyl (C=O) groups is 1. The van der Waals surface area contributed by atoms with Crippen LogP contribution < -0.4 is 5.01 Å². The SMILES string of the molecule is CN(C)CCC[C@@]1(c2ccccc2)C(=O)N(N(C)Cc2ccccc2Cl)c2ccccc21. The van der Waals surface area contributed by atoms with Crippen molar-refractivity contribution in [1.82, 2.24) is 9.91 Å². The van der Waals surface area contributed by atoms with Crippen molar-refractivity contribution in [3.05, 3.63) is 101 Å². The topological polar surface area (TPSA) is 26.8 Å². The number of nitrogens with zero attached hydrogens (tertiary/aromatic N) is 3. The van der Waals surface area contributed by atoms with Crippen molar-refractivity contribution in [2.45, 2.75) is 24.8 Å². The van der Waals surface area contributed by atoms with Crippen LogP contribution in [0.2, 0.25) is 5.02 Å². The van der Waals surface area contributed by atoms with Gasteiger partial charge in [-0.25, -0.2) is 10.0 Å². The van der Waals surface area contributed by atoms with Gasteiger partial charge in [0.2, 0.25) is 0 Å². The Bertz CT molecular complexity index is 1090. The van der Waals surface area contributed by atoms with E-state index in [1.54, 1.807) is 0 Å². The number of halogens is 1. The number of fused-ring (bicyclic) bond motifs is 1. The molecule has 0 bridgehead atoms. The normalized spacial score (nSPS) is 17.9. The number of rotatable bonds is 8. The fraction of sp³-hybridized carbons (Fsp3) is 0.296. The molecule has 0 spiro atoms. The van der Waals surface area contributed by atoms with Crippen molar-refractivity contribution in [2.75, 3.05) is 32.7 Å². The minimum Gasteiger partial charge on any atom is -0.309 e. The molecule has 3 aromatic carbocycles. The maximum atomic E-state index is 14.3. The fourth-order valence-corrected chi connectivity index (χ4v) is 4.95. The predicted molar refractivity (Wildman–Crippen MR) is 132 cm³/mol. The molecule has 4 rings (SSSR count). The maximum absolute atomic E-state index is 14.3. The molecule has 3 aromatic rings. The van der Waals surface area contributed by atoms with Crippen LogP contribution in [0.25, 0.3) is 0 Å². The van der Waals surface area contributed by atoms with E-state index >= 15 is 0 Å². The number of hydrogen-bond donors (Lipinski definition) is 0. The van der Waals surface area contributed by atoms with Gasteiger partial charge in [-0.1, -0.05) is 78.3 Å². The standard InChI is InChI=1S/C27H30ClN3O/c1-29(2)19-11-18-27(22-13-5-4-6-14-22)23-15-8-10-17-25(23)31(26(27)32)30(3)20-21-12-7-9-16-24(21)28/h4-10,12-17H,11,18-20H2,1-3H3/t27-/m0/s1. The zero-order valence-corrected chi connectivity index (χ0v) is 19.7. The number of hydrazine groups is 1. The number of hydrogen-bond acceptors (Lipinski definition) is 3. The van der Waals surface area contributed by atoms with Crippen LogP contribution >= 0.6 is 11.6 Å². The van der Waals surface area contributed by atoms with Crippen LogP contribution in [0.15, 0.2) is 78.9 Å². The largest absolute Gasteiger partial charge is 0.309 e. The van der Waals surface area contributed by atoms with Gasteiger partial charge in [0.1, 0.15) is 5.41 Å². The highest BCUT2D eigenvalue weighted by atomic mass is 35.5. The van der Waals surface area contributed by atoms with E-state index in [9.17, 15) is 4.79 Å². The van der Waals surface area contributed by atoms with Crippen molar-refractivity contribution in [3.63, 3.8) is 0 Å². The molecule has 0 radical (unpaired) electrons. The number of anilines is 1. The minimum atomic E-state index is -0.706. The summed E-state index contributed by atoms with van der Waals surface area (Å²) in [5.41, 5.74) is 3.35. The Hall–Kier alpha value is -2.66. The van der Waals surface area contributed by atoms with Gasteiger partial charge in [-0.15, -0.1) is 0 Å². The quantitative estimate of drug-likeness (QED) is 0.465. The number of para-hydroxylation sites is 1. The van der Waals surface area contributed by atoms with Gasteiger partial charge < -0.3 is 4.90 Å². The third-order valence-corrected chi connectivity index (χ3v) is 6.64. The smallest absolute Gasteiger partial charge is 0.256 e. The van der Waals surface area contributed by atoms with E-state index in [4.69, 9.17) is 11.6 Å². The molecule has 0 aromatic heterocycles. The van der Waals surface area contributed by atoms with E-state index in [0.717, 1.165) is 41.8 Å². The average Bonchev–Trinajstić information content (AvgIpc) is 3.04. The van der Waals surface area contributed by atoms with Crippen molar-refractivity contribution in [1.29, 1.82) is 0 Å². The lowest BCUT2D eigenvalue weighted by Crippen LogP contribution is -2.48. The average molecular weight is 448 g/mol. The lowest BCUT2D eigenvalue weighted by atomic mass is 9.72. The van der Waals surface area contributed by atoms with Crippen LogP contribution in [0.5, 0.6) is 0 Å². The summed E-state index contributed by atoms with van der Waals surface area (Å²) >= 11 is 6.43. The summed E-state index contributed by atoms with van der Waals surface area (Å²) in [5.74, 6) is 0.0956. The van der Waals surface area contributed by atoms with Gasteiger partial charge in [0.05, 0.1) is 5.69 Å². The lowest BCUT2D eigenvalue weighted by molar-refractivity contribution is -0.124. The van der Waals surface area contributed by atoms with Crippen molar-refractivity contribution in [2.24, 2.45) is 0 Å². The van der Waals surface area contributed by atoms with Gasteiger partial charge in [-0.05, 0) is 62.3 Å². The van der Waals surface area contributed by atoms with Crippen LogP contribution in [0.1, 0.15) is 29.5 Å². The molecular formula is C27H30ClN3O. The first-order valence-electron chi connectivity index (χ1n) is 11.0. The molecule has 1 amide bonds. The Morgan fingerprint density at radius 1 is 0.875 bits per heavy atom. The van der Waals surface area contributed by atoms with E-state index < -0.39 is 5.41 Å². The van der Waals surface area contributed by atoms with Gasteiger partial charge >= 0.3 is 0 Å².